The number of fused-ring (bicyclic) bond motifs is 1. The molecule has 1 unspecified atom stereocenters. The molecule has 0 aliphatic rings. The molecule has 0 fully saturated rings. The van der Waals surface area contributed by atoms with Crippen LogP contribution >= 0.6 is 24.8 Å². The Bertz CT molecular complexity index is 442. The summed E-state index contributed by atoms with van der Waals surface area (Å²) >= 11 is 0. The maximum absolute atomic E-state index is 6.02. The summed E-state index contributed by atoms with van der Waals surface area (Å²) in [6.07, 6.45) is 4.07. The maximum atomic E-state index is 6.02. The third-order valence-corrected chi connectivity index (χ3v) is 2.62. The van der Waals surface area contributed by atoms with Crippen molar-refractivity contribution < 1.29 is 0 Å². The van der Waals surface area contributed by atoms with Crippen molar-refractivity contribution in [2.24, 2.45) is 5.73 Å². The number of para-hydroxylation sites is 2. The summed E-state index contributed by atoms with van der Waals surface area (Å²) in [5.74, 6) is 0. The Hall–Kier alpha value is -0.770. The number of aromatic nitrogens is 2. The number of halogens is 2. The zero-order valence-corrected chi connectivity index (χ0v) is 11.5. The van der Waals surface area contributed by atoms with E-state index in [0.717, 1.165) is 24.9 Å². The van der Waals surface area contributed by atoms with E-state index in [2.05, 4.69) is 22.5 Å². The smallest absolute Gasteiger partial charge is 0.0958 e. The first-order valence-corrected chi connectivity index (χ1v) is 5.46. The molecule has 1 atom stereocenters. The molecule has 0 bridgehead atoms. The molecule has 0 saturated heterocycles. The number of imidazole rings is 1. The number of rotatable bonds is 4. The summed E-state index contributed by atoms with van der Waals surface area (Å²) in [6.45, 7) is 3.01. The number of hydrogen-bond acceptors (Lipinski definition) is 2. The van der Waals surface area contributed by atoms with Crippen molar-refractivity contribution in [3.8, 4) is 0 Å². The number of nitrogens with two attached hydrogens (primary N) is 1. The molecule has 1 heterocycles. The van der Waals surface area contributed by atoms with Gasteiger partial charge < -0.3 is 10.3 Å². The van der Waals surface area contributed by atoms with Crippen LogP contribution < -0.4 is 5.73 Å². The number of benzene rings is 1. The number of nitrogens with zero attached hydrogens (tertiary/aromatic N) is 2. The van der Waals surface area contributed by atoms with Crippen molar-refractivity contribution in [1.29, 1.82) is 0 Å². The van der Waals surface area contributed by atoms with Crippen LogP contribution in [0.2, 0.25) is 0 Å². The summed E-state index contributed by atoms with van der Waals surface area (Å²) in [4.78, 5) is 4.34. The molecule has 0 saturated carbocycles. The largest absolute Gasteiger partial charge is 0.329 e. The first-order valence-electron chi connectivity index (χ1n) is 5.46. The summed E-state index contributed by atoms with van der Waals surface area (Å²) < 4.78 is 2.13. The van der Waals surface area contributed by atoms with E-state index in [1.807, 2.05) is 24.5 Å². The Kier molecular flexibility index (Phi) is 7.19. The zero-order valence-electron chi connectivity index (χ0n) is 9.87. The zero-order chi connectivity index (χ0) is 10.7. The van der Waals surface area contributed by atoms with E-state index in [0.29, 0.717) is 0 Å². The second-order valence-corrected chi connectivity index (χ2v) is 3.93. The summed E-state index contributed by atoms with van der Waals surface area (Å²) in [7, 11) is 0. The van der Waals surface area contributed by atoms with E-state index in [1.165, 1.54) is 5.52 Å². The number of hydrogen-bond donors (Lipinski definition) is 1. The van der Waals surface area contributed by atoms with Crippen molar-refractivity contribution in [2.45, 2.75) is 32.4 Å². The van der Waals surface area contributed by atoms with Gasteiger partial charge >= 0.3 is 0 Å². The lowest BCUT2D eigenvalue weighted by Crippen LogP contribution is -2.25. The van der Waals surface area contributed by atoms with Gasteiger partial charge in [-0.05, 0) is 18.6 Å². The van der Waals surface area contributed by atoms with E-state index < -0.39 is 0 Å². The van der Waals surface area contributed by atoms with Crippen LogP contribution in [-0.2, 0) is 6.54 Å². The fourth-order valence-electron chi connectivity index (χ4n) is 1.87. The van der Waals surface area contributed by atoms with Gasteiger partial charge in [0.05, 0.1) is 17.4 Å². The minimum absolute atomic E-state index is 0. The maximum Gasteiger partial charge on any atom is 0.0958 e. The van der Waals surface area contributed by atoms with Crippen LogP contribution in [0.15, 0.2) is 30.6 Å². The molecule has 1 aromatic heterocycles. The molecule has 2 rings (SSSR count). The molecular weight excluding hydrogens is 257 g/mol. The highest BCUT2D eigenvalue weighted by atomic mass is 35.5. The summed E-state index contributed by atoms with van der Waals surface area (Å²) in [5, 5.41) is 0. The second-order valence-electron chi connectivity index (χ2n) is 3.93. The molecule has 3 nitrogen and oxygen atoms in total. The predicted octanol–water partition coefficient (Wildman–Crippen LogP) is 3.01. The van der Waals surface area contributed by atoms with Gasteiger partial charge in [0, 0.05) is 12.6 Å². The van der Waals surface area contributed by atoms with Gasteiger partial charge in [0.1, 0.15) is 0 Å². The van der Waals surface area contributed by atoms with Gasteiger partial charge in [0.2, 0.25) is 0 Å². The van der Waals surface area contributed by atoms with Crippen LogP contribution in [0.5, 0.6) is 0 Å². The third kappa shape index (κ3) is 3.87. The highest BCUT2D eigenvalue weighted by Gasteiger charge is 2.05. The molecule has 5 heteroatoms. The molecular formula is C12H19Cl2N3. The molecule has 2 N–H and O–H groups in total. The lowest BCUT2D eigenvalue weighted by atomic mass is 10.2. The van der Waals surface area contributed by atoms with Crippen LogP contribution in [-0.4, -0.2) is 15.6 Å². The van der Waals surface area contributed by atoms with Crippen molar-refractivity contribution >= 4 is 35.8 Å². The highest BCUT2D eigenvalue weighted by molar-refractivity contribution is 5.85. The molecule has 1 aromatic carbocycles. The van der Waals surface area contributed by atoms with Crippen LogP contribution in [0.25, 0.3) is 11.0 Å². The lowest BCUT2D eigenvalue weighted by Gasteiger charge is -2.11. The average molecular weight is 276 g/mol. The monoisotopic (exact) mass is 275 g/mol. The molecule has 0 amide bonds. The second kappa shape index (κ2) is 7.54. The first-order chi connectivity index (χ1) is 7.31. The molecule has 0 aliphatic heterocycles. The standard InChI is InChI=1S/C12H17N3.2ClH/c1-2-5-10(13)8-15-9-14-11-6-3-4-7-12(11)15;;/h3-4,6-7,9-10H,2,5,8,13H2,1H3;2*1H. The Morgan fingerprint density at radius 2 is 2.00 bits per heavy atom. The average Bonchev–Trinajstić information content (AvgIpc) is 2.62. The quantitative estimate of drug-likeness (QED) is 0.932. The fourth-order valence-corrected chi connectivity index (χ4v) is 1.87. The normalized spacial score (nSPS) is 11.6. The topological polar surface area (TPSA) is 43.8 Å². The van der Waals surface area contributed by atoms with E-state index in [9.17, 15) is 0 Å². The predicted molar refractivity (Wildman–Crippen MR) is 77.1 cm³/mol. The molecule has 0 aliphatic carbocycles. The Morgan fingerprint density at radius 1 is 1.29 bits per heavy atom. The summed E-state index contributed by atoms with van der Waals surface area (Å²) in [5.41, 5.74) is 8.23. The van der Waals surface area contributed by atoms with Crippen molar-refractivity contribution in [1.82, 2.24) is 9.55 Å². The van der Waals surface area contributed by atoms with Crippen molar-refractivity contribution in [2.75, 3.05) is 0 Å². The Morgan fingerprint density at radius 3 is 2.71 bits per heavy atom. The van der Waals surface area contributed by atoms with Gasteiger partial charge in [-0.3, -0.25) is 0 Å². The fraction of sp³-hybridized carbons (Fsp3) is 0.417. The Labute approximate surface area is 114 Å². The van der Waals surface area contributed by atoms with Crippen LogP contribution in [0.1, 0.15) is 19.8 Å². The van der Waals surface area contributed by atoms with E-state index in [4.69, 9.17) is 5.73 Å². The van der Waals surface area contributed by atoms with Crippen LogP contribution in [0.4, 0.5) is 0 Å². The third-order valence-electron chi connectivity index (χ3n) is 2.62. The van der Waals surface area contributed by atoms with Gasteiger partial charge in [-0.15, -0.1) is 24.8 Å². The van der Waals surface area contributed by atoms with Crippen molar-refractivity contribution in [3.63, 3.8) is 0 Å². The molecule has 2 aromatic rings. The lowest BCUT2D eigenvalue weighted by molar-refractivity contribution is 0.521. The summed E-state index contributed by atoms with van der Waals surface area (Å²) in [6, 6.07) is 8.38. The SMILES string of the molecule is CCCC(N)Cn1cnc2ccccc21.Cl.Cl. The molecule has 0 radical (unpaired) electrons. The molecule has 96 valence electrons. The van der Waals surface area contributed by atoms with Gasteiger partial charge in [0.15, 0.2) is 0 Å². The van der Waals surface area contributed by atoms with Gasteiger partial charge in [0.25, 0.3) is 0 Å². The van der Waals surface area contributed by atoms with E-state index in [1.54, 1.807) is 0 Å². The van der Waals surface area contributed by atoms with Crippen LogP contribution in [0.3, 0.4) is 0 Å². The first kappa shape index (κ1) is 16.2. The van der Waals surface area contributed by atoms with Gasteiger partial charge in [-0.25, -0.2) is 4.98 Å². The minimum atomic E-state index is 0. The van der Waals surface area contributed by atoms with Gasteiger partial charge in [-0.2, -0.15) is 0 Å². The minimum Gasteiger partial charge on any atom is -0.329 e. The van der Waals surface area contributed by atoms with E-state index in [-0.39, 0.29) is 30.9 Å². The van der Waals surface area contributed by atoms with E-state index >= 15 is 0 Å². The van der Waals surface area contributed by atoms with Gasteiger partial charge in [-0.1, -0.05) is 25.5 Å². The van der Waals surface area contributed by atoms with Crippen molar-refractivity contribution in [3.05, 3.63) is 30.6 Å². The Balaban J connectivity index is 0.00000128. The van der Waals surface area contributed by atoms with Crippen LogP contribution in [0, 0.1) is 0 Å². The highest BCUT2D eigenvalue weighted by Crippen LogP contribution is 2.12. The molecule has 0 spiro atoms. The molecule has 17 heavy (non-hydrogen) atoms.